The Morgan fingerprint density at radius 2 is 2.00 bits per heavy atom. The first-order chi connectivity index (χ1) is 9.74. The minimum Gasteiger partial charge on any atom is -0.370 e. The maximum Gasteiger partial charge on any atom is 0.160 e. The summed E-state index contributed by atoms with van der Waals surface area (Å²) in [5, 5.41) is 3.34. The van der Waals surface area contributed by atoms with E-state index in [1.54, 1.807) is 0 Å². The van der Waals surface area contributed by atoms with E-state index in [-0.39, 0.29) is 6.10 Å². The number of nitrogens with zero attached hydrogens (tertiary/aromatic N) is 2. The lowest BCUT2D eigenvalue weighted by Crippen LogP contribution is -2.15. The molecular formula is C15H22BrN3O. The van der Waals surface area contributed by atoms with Crippen molar-refractivity contribution in [3.63, 3.8) is 0 Å². The molecule has 2 aliphatic rings. The van der Waals surface area contributed by atoms with Gasteiger partial charge in [0.05, 0.1) is 10.2 Å². The second kappa shape index (κ2) is 5.98. The van der Waals surface area contributed by atoms with Crippen molar-refractivity contribution in [3.8, 4) is 0 Å². The molecule has 20 heavy (non-hydrogen) atoms. The third kappa shape index (κ3) is 2.98. The van der Waals surface area contributed by atoms with Gasteiger partial charge in [-0.15, -0.1) is 0 Å². The average Bonchev–Trinajstić information content (AvgIpc) is 3.29. The number of halogens is 1. The van der Waals surface area contributed by atoms with E-state index in [1.807, 2.05) is 6.92 Å². The zero-order valence-electron chi connectivity index (χ0n) is 12.2. The average molecular weight is 340 g/mol. The summed E-state index contributed by atoms with van der Waals surface area (Å²) in [7, 11) is 0. The van der Waals surface area contributed by atoms with E-state index in [0.29, 0.717) is 11.8 Å². The number of hydrogen-bond acceptors (Lipinski definition) is 4. The van der Waals surface area contributed by atoms with E-state index >= 15 is 0 Å². The molecule has 3 rings (SSSR count). The van der Waals surface area contributed by atoms with Crippen molar-refractivity contribution < 1.29 is 4.74 Å². The van der Waals surface area contributed by atoms with Crippen molar-refractivity contribution in [3.05, 3.63) is 16.0 Å². The van der Waals surface area contributed by atoms with E-state index in [0.717, 1.165) is 35.0 Å². The molecule has 0 aliphatic heterocycles. The molecular weight excluding hydrogens is 318 g/mol. The van der Waals surface area contributed by atoms with E-state index in [4.69, 9.17) is 14.7 Å². The monoisotopic (exact) mass is 339 g/mol. The number of nitrogens with one attached hydrogen (secondary N) is 1. The molecule has 5 heteroatoms. The molecule has 1 aromatic rings. The Morgan fingerprint density at radius 1 is 1.25 bits per heavy atom. The largest absolute Gasteiger partial charge is 0.370 e. The molecule has 1 aromatic heterocycles. The van der Waals surface area contributed by atoms with Gasteiger partial charge in [0.2, 0.25) is 0 Å². The predicted octanol–water partition coefficient (Wildman–Crippen LogP) is 4.04. The Hall–Kier alpha value is -0.680. The topological polar surface area (TPSA) is 47.0 Å². The Kier molecular flexibility index (Phi) is 4.26. The van der Waals surface area contributed by atoms with Crippen LogP contribution in [0.4, 0.5) is 5.82 Å². The van der Waals surface area contributed by atoms with Crippen LogP contribution in [0.15, 0.2) is 4.47 Å². The zero-order valence-corrected chi connectivity index (χ0v) is 13.7. The lowest BCUT2D eigenvalue weighted by molar-refractivity contribution is 0.0399. The molecule has 2 fully saturated rings. The van der Waals surface area contributed by atoms with Gasteiger partial charge in [-0.2, -0.15) is 0 Å². The highest BCUT2D eigenvalue weighted by molar-refractivity contribution is 9.10. The van der Waals surface area contributed by atoms with Crippen molar-refractivity contribution in [2.24, 2.45) is 5.92 Å². The smallest absolute Gasteiger partial charge is 0.160 e. The van der Waals surface area contributed by atoms with Crippen LogP contribution >= 0.6 is 15.9 Å². The summed E-state index contributed by atoms with van der Waals surface area (Å²) in [6, 6.07) is 0. The number of rotatable bonds is 7. The van der Waals surface area contributed by atoms with Gasteiger partial charge < -0.3 is 10.1 Å². The molecule has 1 unspecified atom stereocenters. The summed E-state index contributed by atoms with van der Waals surface area (Å²) in [6.45, 7) is 5.71. The standard InChI is InChI=1S/C15H22BrN3O/c1-3-17-14-11(16)12(9-5-6-9)18-15(19-14)13(20-4-2)10-7-8-10/h9-10,13H,3-8H2,1-2H3,(H,17,18,19). The maximum atomic E-state index is 5.91. The molecule has 0 spiro atoms. The van der Waals surface area contributed by atoms with Crippen LogP contribution < -0.4 is 5.32 Å². The fourth-order valence-corrected chi connectivity index (χ4v) is 3.16. The van der Waals surface area contributed by atoms with Crippen molar-refractivity contribution in [1.82, 2.24) is 9.97 Å². The quantitative estimate of drug-likeness (QED) is 0.814. The highest BCUT2D eigenvalue weighted by Gasteiger charge is 2.37. The first kappa shape index (κ1) is 14.3. The van der Waals surface area contributed by atoms with Crippen molar-refractivity contribution in [2.45, 2.75) is 51.6 Å². The fraction of sp³-hybridized carbons (Fsp3) is 0.733. The normalized spacial score (nSPS) is 19.9. The fourth-order valence-electron chi connectivity index (χ4n) is 2.52. The summed E-state index contributed by atoms with van der Waals surface area (Å²) in [5.41, 5.74) is 1.16. The maximum absolute atomic E-state index is 5.91. The highest BCUT2D eigenvalue weighted by atomic mass is 79.9. The third-order valence-corrected chi connectivity index (χ3v) is 4.64. The van der Waals surface area contributed by atoms with E-state index in [9.17, 15) is 0 Å². The van der Waals surface area contributed by atoms with Gasteiger partial charge in [-0.05, 0) is 61.4 Å². The molecule has 2 aliphatic carbocycles. The van der Waals surface area contributed by atoms with Crippen molar-refractivity contribution >= 4 is 21.7 Å². The van der Waals surface area contributed by atoms with Crippen LogP contribution in [-0.4, -0.2) is 23.1 Å². The molecule has 110 valence electrons. The summed E-state index contributed by atoms with van der Waals surface area (Å²) in [6.07, 6.45) is 5.02. The van der Waals surface area contributed by atoms with Crippen LogP contribution in [0.3, 0.4) is 0 Å². The van der Waals surface area contributed by atoms with Gasteiger partial charge in [0.1, 0.15) is 11.9 Å². The van der Waals surface area contributed by atoms with Crippen LogP contribution in [0.25, 0.3) is 0 Å². The first-order valence-corrected chi connectivity index (χ1v) is 8.46. The Bertz CT molecular complexity index is 486. The van der Waals surface area contributed by atoms with Crippen LogP contribution in [0.1, 0.15) is 63.1 Å². The molecule has 2 saturated carbocycles. The van der Waals surface area contributed by atoms with E-state index < -0.39 is 0 Å². The van der Waals surface area contributed by atoms with Gasteiger partial charge in [0.25, 0.3) is 0 Å². The van der Waals surface area contributed by atoms with Gasteiger partial charge in [-0.25, -0.2) is 9.97 Å². The van der Waals surface area contributed by atoms with Crippen LogP contribution in [0.2, 0.25) is 0 Å². The molecule has 0 aromatic carbocycles. The highest BCUT2D eigenvalue weighted by Crippen LogP contribution is 2.46. The van der Waals surface area contributed by atoms with Crippen LogP contribution in [0, 0.1) is 5.92 Å². The lowest BCUT2D eigenvalue weighted by Gasteiger charge is -2.18. The SMILES string of the molecule is CCNc1nc(C(OCC)C2CC2)nc(C2CC2)c1Br. The van der Waals surface area contributed by atoms with Gasteiger partial charge in [-0.3, -0.25) is 0 Å². The summed E-state index contributed by atoms with van der Waals surface area (Å²) >= 11 is 3.67. The van der Waals surface area contributed by atoms with Gasteiger partial charge in [0.15, 0.2) is 5.82 Å². The molecule has 0 amide bonds. The predicted molar refractivity (Wildman–Crippen MR) is 83.0 cm³/mol. The summed E-state index contributed by atoms with van der Waals surface area (Å²) in [4.78, 5) is 9.55. The number of hydrogen-bond donors (Lipinski definition) is 1. The van der Waals surface area contributed by atoms with Gasteiger partial charge in [0, 0.05) is 19.1 Å². The Balaban J connectivity index is 1.95. The lowest BCUT2D eigenvalue weighted by atomic mass is 10.2. The van der Waals surface area contributed by atoms with Gasteiger partial charge in [-0.1, -0.05) is 0 Å². The second-order valence-electron chi connectivity index (χ2n) is 5.65. The summed E-state index contributed by atoms with van der Waals surface area (Å²) < 4.78 is 6.95. The Labute approximate surface area is 128 Å². The van der Waals surface area contributed by atoms with Gasteiger partial charge >= 0.3 is 0 Å². The second-order valence-corrected chi connectivity index (χ2v) is 6.44. The number of aromatic nitrogens is 2. The summed E-state index contributed by atoms with van der Waals surface area (Å²) in [5.74, 6) is 3.00. The molecule has 0 bridgehead atoms. The molecule has 1 heterocycles. The van der Waals surface area contributed by atoms with Crippen molar-refractivity contribution in [1.29, 1.82) is 0 Å². The zero-order chi connectivity index (χ0) is 14.1. The molecule has 0 saturated heterocycles. The minimum atomic E-state index is 0.0722. The minimum absolute atomic E-state index is 0.0722. The molecule has 4 nitrogen and oxygen atoms in total. The van der Waals surface area contributed by atoms with Crippen LogP contribution in [-0.2, 0) is 4.74 Å². The first-order valence-electron chi connectivity index (χ1n) is 7.67. The molecule has 1 atom stereocenters. The van der Waals surface area contributed by atoms with E-state index in [1.165, 1.54) is 25.7 Å². The van der Waals surface area contributed by atoms with E-state index in [2.05, 4.69) is 28.2 Å². The van der Waals surface area contributed by atoms with Crippen molar-refractivity contribution in [2.75, 3.05) is 18.5 Å². The molecule has 1 N–H and O–H groups in total. The third-order valence-electron chi connectivity index (χ3n) is 3.85. The molecule has 0 radical (unpaired) electrons. The number of anilines is 1. The van der Waals surface area contributed by atoms with Crippen LogP contribution in [0.5, 0.6) is 0 Å². The Morgan fingerprint density at radius 3 is 2.55 bits per heavy atom. The number of ether oxygens (including phenoxy) is 1.